The van der Waals surface area contributed by atoms with Crippen molar-refractivity contribution in [1.29, 1.82) is 0 Å². The highest BCUT2D eigenvalue weighted by Crippen LogP contribution is 2.34. The number of hydrogen-bond acceptors (Lipinski definition) is 6. The van der Waals surface area contributed by atoms with Crippen molar-refractivity contribution in [3.8, 4) is 5.88 Å². The highest BCUT2D eigenvalue weighted by atomic mass is 16.5. The molecule has 1 aromatic rings. The summed E-state index contributed by atoms with van der Waals surface area (Å²) in [5.41, 5.74) is 0.0788. The van der Waals surface area contributed by atoms with Crippen molar-refractivity contribution in [3.05, 3.63) is 11.8 Å². The van der Waals surface area contributed by atoms with Crippen LogP contribution in [-0.2, 0) is 4.79 Å². The molecule has 1 saturated heterocycles. The molecular weight excluding hydrogens is 244 g/mol. The molecule has 0 saturated carbocycles. The number of carboxylic acids is 1. The molecule has 2 heterocycles. The van der Waals surface area contributed by atoms with E-state index >= 15 is 0 Å². The second kappa shape index (κ2) is 4.48. The molecule has 0 bridgehead atoms. The van der Waals surface area contributed by atoms with E-state index in [0.717, 1.165) is 0 Å². The fraction of sp³-hybridized carbons (Fsp3) is 0.500. The van der Waals surface area contributed by atoms with E-state index in [0.29, 0.717) is 0 Å². The molecule has 100 valence electrons. The average Bonchev–Trinajstić information content (AvgIpc) is 2.81. The lowest BCUT2D eigenvalue weighted by Gasteiger charge is -2.21. The van der Waals surface area contributed by atoms with Gasteiger partial charge in [-0.05, 0) is 6.07 Å². The van der Waals surface area contributed by atoms with Crippen LogP contribution in [0.5, 0.6) is 5.88 Å². The molecule has 1 aliphatic heterocycles. The van der Waals surface area contributed by atoms with Crippen molar-refractivity contribution in [2.45, 2.75) is 24.9 Å². The monoisotopic (exact) mass is 258 g/mol. The fourth-order valence-electron chi connectivity index (χ4n) is 2.12. The van der Waals surface area contributed by atoms with Gasteiger partial charge in [-0.15, -0.1) is 0 Å². The third-order valence-electron chi connectivity index (χ3n) is 2.95. The smallest absolute Gasteiger partial charge is 0.326 e. The van der Waals surface area contributed by atoms with E-state index in [1.807, 2.05) is 0 Å². The van der Waals surface area contributed by atoms with E-state index in [2.05, 4.69) is 4.98 Å². The van der Waals surface area contributed by atoms with Gasteiger partial charge in [-0.3, -0.25) is 0 Å². The summed E-state index contributed by atoms with van der Waals surface area (Å²) in [5.74, 6) is -1.48. The Morgan fingerprint density at radius 3 is 2.67 bits per heavy atom. The number of nitrogens with zero attached hydrogens (tertiary/aromatic N) is 1. The van der Waals surface area contributed by atoms with Crippen LogP contribution in [0.15, 0.2) is 6.07 Å². The molecule has 0 aromatic carbocycles. The predicted octanol–water partition coefficient (Wildman–Crippen LogP) is -1.27. The summed E-state index contributed by atoms with van der Waals surface area (Å²) >= 11 is 0. The summed E-state index contributed by atoms with van der Waals surface area (Å²) in [7, 11) is 0. The van der Waals surface area contributed by atoms with Crippen LogP contribution in [0.25, 0.3) is 0 Å². The maximum atomic E-state index is 11.0. The zero-order valence-corrected chi connectivity index (χ0v) is 9.32. The summed E-state index contributed by atoms with van der Waals surface area (Å²) in [5, 5.41) is 46.1. The Bertz CT molecular complexity index is 457. The molecule has 0 amide bonds. The molecule has 1 aromatic heterocycles. The van der Waals surface area contributed by atoms with E-state index in [1.54, 1.807) is 0 Å². The first-order chi connectivity index (χ1) is 8.40. The van der Waals surface area contributed by atoms with Gasteiger partial charge in [-0.1, -0.05) is 0 Å². The minimum atomic E-state index is -1.79. The van der Waals surface area contributed by atoms with E-state index in [4.69, 9.17) is 15.3 Å². The van der Waals surface area contributed by atoms with Gasteiger partial charge in [0, 0.05) is 13.0 Å². The first-order valence-corrected chi connectivity index (χ1v) is 5.35. The Morgan fingerprint density at radius 1 is 1.50 bits per heavy atom. The third kappa shape index (κ3) is 2.13. The Hall–Kier alpha value is -1.77. The van der Waals surface area contributed by atoms with Gasteiger partial charge in [0.1, 0.15) is 11.7 Å². The van der Waals surface area contributed by atoms with Crippen LogP contribution >= 0.6 is 0 Å². The Labute approximate surface area is 102 Å². The van der Waals surface area contributed by atoms with Gasteiger partial charge in [0.2, 0.25) is 5.88 Å². The van der Waals surface area contributed by atoms with Crippen molar-refractivity contribution in [3.63, 3.8) is 0 Å². The van der Waals surface area contributed by atoms with Crippen LogP contribution < -0.4 is 4.90 Å². The lowest BCUT2D eigenvalue weighted by atomic mass is 10.2. The first kappa shape index (κ1) is 12.7. The van der Waals surface area contributed by atoms with Gasteiger partial charge in [-0.25, -0.2) is 4.79 Å². The summed E-state index contributed by atoms with van der Waals surface area (Å²) in [4.78, 5) is 14.7. The number of aromatic amines is 1. The first-order valence-electron chi connectivity index (χ1n) is 5.35. The average molecular weight is 258 g/mol. The number of aliphatic hydroxyl groups excluding tert-OH is 2. The maximum absolute atomic E-state index is 11.0. The van der Waals surface area contributed by atoms with E-state index in [1.165, 1.54) is 11.0 Å². The van der Waals surface area contributed by atoms with Crippen molar-refractivity contribution in [1.82, 2.24) is 4.98 Å². The molecule has 1 fully saturated rings. The summed E-state index contributed by atoms with van der Waals surface area (Å²) in [6, 6.07) is 0.291. The largest absolute Gasteiger partial charge is 0.493 e. The summed E-state index contributed by atoms with van der Waals surface area (Å²) in [6.45, 7) is 0.0589. The topological polar surface area (TPSA) is 137 Å². The molecule has 8 nitrogen and oxygen atoms in total. The Morgan fingerprint density at radius 2 is 2.17 bits per heavy atom. The molecular formula is C10H14N2O6. The maximum Gasteiger partial charge on any atom is 0.326 e. The molecule has 6 N–H and O–H groups in total. The zero-order valence-electron chi connectivity index (χ0n) is 9.32. The summed E-state index contributed by atoms with van der Waals surface area (Å²) in [6.07, 6.45) is -2.54. The Kier molecular flexibility index (Phi) is 3.16. The number of H-pyrrole nitrogens is 1. The quantitative estimate of drug-likeness (QED) is 0.372. The molecule has 1 aliphatic rings. The van der Waals surface area contributed by atoms with Crippen molar-refractivity contribution < 1.29 is 30.3 Å². The molecule has 0 spiro atoms. The number of aromatic hydroxyl groups is 1. The van der Waals surface area contributed by atoms with E-state index < -0.39 is 24.4 Å². The van der Waals surface area contributed by atoms with Crippen molar-refractivity contribution >= 4 is 11.7 Å². The van der Waals surface area contributed by atoms with Crippen LogP contribution in [0.3, 0.4) is 0 Å². The normalized spacial score (nSPS) is 23.9. The van der Waals surface area contributed by atoms with Gasteiger partial charge in [-0.2, -0.15) is 0 Å². The van der Waals surface area contributed by atoms with Gasteiger partial charge < -0.3 is 35.4 Å². The van der Waals surface area contributed by atoms with Crippen LogP contribution in [0.1, 0.15) is 18.4 Å². The van der Waals surface area contributed by atoms with Crippen LogP contribution in [0.2, 0.25) is 0 Å². The van der Waals surface area contributed by atoms with Gasteiger partial charge in [0.25, 0.3) is 0 Å². The minimum absolute atomic E-state index is 0.0481. The van der Waals surface area contributed by atoms with Crippen LogP contribution in [0, 0.1) is 0 Å². The second-order valence-corrected chi connectivity index (χ2v) is 4.23. The lowest BCUT2D eigenvalue weighted by molar-refractivity contribution is -0.138. The number of carboxylic acid groups (broad SMARTS) is 1. The number of carbonyl (C=O) groups is 1. The number of aromatic nitrogens is 1. The highest BCUT2D eigenvalue weighted by Gasteiger charge is 2.38. The number of aliphatic hydroxyl groups is 3. The molecule has 2 unspecified atom stereocenters. The van der Waals surface area contributed by atoms with Crippen molar-refractivity contribution in [2.24, 2.45) is 0 Å². The number of hydrogen-bond donors (Lipinski definition) is 6. The molecule has 0 radical (unpaired) electrons. The highest BCUT2D eigenvalue weighted by molar-refractivity contribution is 5.80. The van der Waals surface area contributed by atoms with Crippen LogP contribution in [0.4, 0.5) is 5.69 Å². The van der Waals surface area contributed by atoms with Crippen molar-refractivity contribution in [2.75, 3.05) is 11.4 Å². The van der Waals surface area contributed by atoms with E-state index in [-0.39, 0.29) is 30.2 Å². The lowest BCUT2D eigenvalue weighted by Crippen LogP contribution is -2.35. The third-order valence-corrected chi connectivity index (χ3v) is 2.95. The van der Waals surface area contributed by atoms with E-state index in [9.17, 15) is 15.0 Å². The SMILES string of the molecule is O=C(O)C1CC(O)CN1c1cc(C(O)O)[nH]c1O. The Balaban J connectivity index is 2.32. The van der Waals surface area contributed by atoms with Crippen LogP contribution in [-0.4, -0.2) is 55.2 Å². The van der Waals surface area contributed by atoms with Gasteiger partial charge in [0.05, 0.1) is 11.8 Å². The molecule has 2 atom stereocenters. The number of β-amino-alcohol motifs (C(OH)–C–C–N with tert-alkyl or cyclic N) is 1. The fourth-order valence-corrected chi connectivity index (χ4v) is 2.12. The van der Waals surface area contributed by atoms with Gasteiger partial charge >= 0.3 is 5.97 Å². The molecule has 2 rings (SSSR count). The number of nitrogens with one attached hydrogen (secondary N) is 1. The molecule has 18 heavy (non-hydrogen) atoms. The molecule has 0 aliphatic carbocycles. The zero-order chi connectivity index (χ0) is 13.4. The van der Waals surface area contributed by atoms with Gasteiger partial charge in [0.15, 0.2) is 6.29 Å². The summed E-state index contributed by atoms with van der Waals surface area (Å²) < 4.78 is 0. The minimum Gasteiger partial charge on any atom is -0.493 e. The number of aliphatic carboxylic acids is 1. The standard InChI is InChI=1S/C10H14N2O6/c13-4-1-7(10(17)18)12(3-4)6-2-5(9(15)16)11-8(6)14/h2,4,7,9,11,13-16H,1,3H2,(H,17,18). The second-order valence-electron chi connectivity index (χ2n) is 4.23. The number of anilines is 1. The molecule has 8 heteroatoms. The number of rotatable bonds is 3. The predicted molar refractivity (Wildman–Crippen MR) is 59.0 cm³/mol.